The first kappa shape index (κ1) is 28.9. The zero-order valence-corrected chi connectivity index (χ0v) is 24.4. The first-order chi connectivity index (χ1) is 20.3. The number of pyridine rings is 1. The predicted molar refractivity (Wildman–Crippen MR) is 159 cm³/mol. The second kappa shape index (κ2) is 12.2. The molecule has 3 aromatic rings. The number of para-hydroxylation sites is 1. The molecule has 0 bridgehead atoms. The summed E-state index contributed by atoms with van der Waals surface area (Å²) in [4.78, 5) is 9.27. The summed E-state index contributed by atoms with van der Waals surface area (Å²) in [6.07, 6.45) is 1.24. The average molecular weight is 596 g/mol. The first-order valence-electron chi connectivity index (χ1n) is 14.4. The van der Waals surface area contributed by atoms with E-state index in [4.69, 9.17) is 25.8 Å². The lowest BCUT2D eigenvalue weighted by molar-refractivity contribution is -0.0602. The van der Waals surface area contributed by atoms with E-state index in [0.29, 0.717) is 65.4 Å². The summed E-state index contributed by atoms with van der Waals surface area (Å²) in [6, 6.07) is 12.2. The van der Waals surface area contributed by atoms with Gasteiger partial charge in [-0.1, -0.05) is 35.9 Å². The number of aliphatic imine (C=N–C) groups is 1. The molecule has 10 heteroatoms. The minimum absolute atomic E-state index is 0.0557. The zero-order valence-electron chi connectivity index (χ0n) is 23.6. The number of anilines is 1. The van der Waals surface area contributed by atoms with Crippen molar-refractivity contribution in [1.82, 2.24) is 4.98 Å². The summed E-state index contributed by atoms with van der Waals surface area (Å²) in [7, 11) is 0. The van der Waals surface area contributed by atoms with Crippen LogP contribution in [-0.4, -0.2) is 65.3 Å². The Balaban J connectivity index is 1.15. The fraction of sp³-hybridized carbons (Fsp3) is 0.438. The van der Waals surface area contributed by atoms with Crippen molar-refractivity contribution < 1.29 is 28.8 Å². The fourth-order valence-electron chi connectivity index (χ4n) is 6.23. The topological polar surface area (TPSA) is 105 Å². The third-order valence-electron chi connectivity index (χ3n) is 8.32. The quantitative estimate of drug-likeness (QED) is 0.235. The maximum absolute atomic E-state index is 15.4. The normalized spacial score (nSPS) is 25.5. The molecule has 2 saturated heterocycles. The number of aromatic hydroxyl groups is 1. The molecule has 0 saturated carbocycles. The van der Waals surface area contributed by atoms with Gasteiger partial charge < -0.3 is 29.7 Å². The predicted octanol–water partition coefficient (Wildman–Crippen LogP) is 6.07. The van der Waals surface area contributed by atoms with Gasteiger partial charge in [-0.05, 0) is 73.1 Å². The molecule has 2 aromatic carbocycles. The molecule has 1 aliphatic carbocycles. The van der Waals surface area contributed by atoms with Crippen molar-refractivity contribution in [2.24, 2.45) is 4.99 Å². The molecule has 0 radical (unpaired) electrons. The van der Waals surface area contributed by atoms with Crippen molar-refractivity contribution in [1.29, 1.82) is 0 Å². The number of aryl methyl sites for hydroxylation is 2. The van der Waals surface area contributed by atoms with E-state index in [2.05, 4.69) is 15.3 Å². The Morgan fingerprint density at radius 2 is 2.02 bits per heavy atom. The third kappa shape index (κ3) is 5.83. The van der Waals surface area contributed by atoms with Crippen LogP contribution in [0.25, 0.3) is 11.1 Å². The second-order valence-electron chi connectivity index (χ2n) is 11.3. The molecule has 3 aliphatic rings. The van der Waals surface area contributed by atoms with Crippen LogP contribution >= 0.6 is 11.6 Å². The molecule has 2 fully saturated rings. The van der Waals surface area contributed by atoms with Crippen LogP contribution in [0.4, 0.5) is 16.0 Å². The number of aromatic nitrogens is 1. The number of fused-ring (bicyclic) bond motifs is 2. The van der Waals surface area contributed by atoms with Crippen molar-refractivity contribution in [3.63, 3.8) is 0 Å². The standard InChI is InChI=1S/C32H35ClFN3O5/c1-17-12-23(33)32(37-31(17)36-18(2)42-27-16-41-29-26(39)8-5-11-40-30(27)29)35-15-20-10-9-19-13-21(14-24(34)28(19)20)22-6-3-4-7-25(22)38/h3-4,6-7,12-14,20,26-27,29-30,38-39H,5,8-11,15-16H2,1-2H3,(H,35,37)/t20-,26-,27-,29?,30-/m1/s1. The molecule has 42 heavy (non-hydrogen) atoms. The van der Waals surface area contributed by atoms with Gasteiger partial charge in [-0.3, -0.25) is 0 Å². The number of aliphatic hydroxyl groups excluding tert-OH is 1. The van der Waals surface area contributed by atoms with Crippen molar-refractivity contribution >= 4 is 29.1 Å². The third-order valence-corrected chi connectivity index (χ3v) is 8.61. The molecule has 0 spiro atoms. The first-order valence-corrected chi connectivity index (χ1v) is 14.8. The van der Waals surface area contributed by atoms with Crippen LogP contribution < -0.4 is 5.32 Å². The van der Waals surface area contributed by atoms with Gasteiger partial charge in [0.1, 0.15) is 29.6 Å². The number of hydrogen-bond donors (Lipinski definition) is 3. The minimum Gasteiger partial charge on any atom is -0.507 e. The van der Waals surface area contributed by atoms with Crippen molar-refractivity contribution in [3.05, 3.63) is 70.0 Å². The molecule has 0 amide bonds. The lowest BCUT2D eigenvalue weighted by atomic mass is 9.96. The van der Waals surface area contributed by atoms with E-state index in [9.17, 15) is 10.2 Å². The van der Waals surface area contributed by atoms with Gasteiger partial charge in [-0.25, -0.2) is 9.37 Å². The Bertz CT molecular complexity index is 1500. The summed E-state index contributed by atoms with van der Waals surface area (Å²) in [6.45, 7) is 4.95. The Morgan fingerprint density at radius 3 is 2.86 bits per heavy atom. The molecule has 222 valence electrons. The van der Waals surface area contributed by atoms with Gasteiger partial charge in [0, 0.05) is 31.6 Å². The molecule has 1 aromatic heterocycles. The van der Waals surface area contributed by atoms with Crippen LogP contribution in [-0.2, 0) is 20.6 Å². The largest absolute Gasteiger partial charge is 0.507 e. The number of ether oxygens (including phenoxy) is 3. The van der Waals surface area contributed by atoms with Gasteiger partial charge in [0.05, 0.1) is 17.7 Å². The number of hydrogen-bond acceptors (Lipinski definition) is 8. The van der Waals surface area contributed by atoms with E-state index in [0.717, 1.165) is 30.4 Å². The van der Waals surface area contributed by atoms with E-state index >= 15 is 4.39 Å². The highest BCUT2D eigenvalue weighted by atomic mass is 35.5. The number of phenolic OH excluding ortho intramolecular Hbond substituents is 1. The van der Waals surface area contributed by atoms with Gasteiger partial charge in [0.2, 0.25) is 0 Å². The molecule has 1 unspecified atom stereocenters. The Labute approximate surface area is 249 Å². The molecule has 2 aliphatic heterocycles. The van der Waals surface area contributed by atoms with Crippen molar-refractivity contribution in [2.75, 3.05) is 25.1 Å². The summed E-state index contributed by atoms with van der Waals surface area (Å²) in [5, 5.41) is 24.4. The van der Waals surface area contributed by atoms with E-state index in [-0.39, 0.29) is 29.7 Å². The highest BCUT2D eigenvalue weighted by Crippen LogP contribution is 2.40. The fourth-order valence-corrected chi connectivity index (χ4v) is 6.50. The van der Waals surface area contributed by atoms with Crippen LogP contribution in [0.15, 0.2) is 47.5 Å². The van der Waals surface area contributed by atoms with Gasteiger partial charge in [-0.2, -0.15) is 4.99 Å². The molecule has 5 atom stereocenters. The second-order valence-corrected chi connectivity index (χ2v) is 11.7. The van der Waals surface area contributed by atoms with Gasteiger partial charge >= 0.3 is 0 Å². The smallest absolute Gasteiger partial charge is 0.187 e. The minimum atomic E-state index is -0.572. The molecule has 8 nitrogen and oxygen atoms in total. The number of nitrogens with one attached hydrogen (secondary N) is 1. The number of phenols is 1. The van der Waals surface area contributed by atoms with E-state index in [1.54, 1.807) is 31.2 Å². The van der Waals surface area contributed by atoms with Gasteiger partial charge in [-0.15, -0.1) is 0 Å². The summed E-state index contributed by atoms with van der Waals surface area (Å²) in [5.41, 5.74) is 3.70. The van der Waals surface area contributed by atoms with Crippen LogP contribution in [0, 0.1) is 12.7 Å². The van der Waals surface area contributed by atoms with Crippen LogP contribution in [0.2, 0.25) is 5.02 Å². The molecular formula is C32H35ClFN3O5. The lowest BCUT2D eigenvalue weighted by Gasteiger charge is -2.23. The number of benzene rings is 2. The summed E-state index contributed by atoms with van der Waals surface area (Å²) >= 11 is 6.54. The van der Waals surface area contributed by atoms with E-state index in [1.165, 1.54) is 6.07 Å². The molecule has 6 rings (SSSR count). The summed E-state index contributed by atoms with van der Waals surface area (Å²) < 4.78 is 33.2. The SMILES string of the molecule is CC(=Nc1nc(NC[C@H]2CCc3cc(-c4ccccc4O)cc(F)c32)c(Cl)cc1C)O[C@@H]1COC2[C@H](O)CCCO[C@@H]21. The molecule has 3 heterocycles. The van der Waals surface area contributed by atoms with Crippen LogP contribution in [0.1, 0.15) is 48.8 Å². The molecular weight excluding hydrogens is 561 g/mol. The highest BCUT2D eigenvalue weighted by molar-refractivity contribution is 6.33. The molecule has 3 N–H and O–H groups in total. The van der Waals surface area contributed by atoms with E-state index < -0.39 is 12.2 Å². The van der Waals surface area contributed by atoms with Gasteiger partial charge in [0.25, 0.3) is 0 Å². The maximum Gasteiger partial charge on any atom is 0.187 e. The van der Waals surface area contributed by atoms with Crippen LogP contribution in [0.3, 0.4) is 0 Å². The van der Waals surface area contributed by atoms with Crippen molar-refractivity contribution in [3.8, 4) is 16.9 Å². The Hall–Kier alpha value is -3.24. The number of halogens is 2. The Morgan fingerprint density at radius 1 is 1.19 bits per heavy atom. The van der Waals surface area contributed by atoms with Gasteiger partial charge in [0.15, 0.2) is 17.8 Å². The average Bonchev–Trinajstić information content (AvgIpc) is 3.50. The highest BCUT2D eigenvalue weighted by Gasteiger charge is 2.44. The number of aliphatic hydroxyl groups is 1. The summed E-state index contributed by atoms with van der Waals surface area (Å²) in [5.74, 6) is 1.13. The van der Waals surface area contributed by atoms with E-state index in [1.807, 2.05) is 19.1 Å². The van der Waals surface area contributed by atoms with Crippen molar-refractivity contribution in [2.45, 2.75) is 69.9 Å². The Kier molecular flexibility index (Phi) is 8.36. The number of rotatable bonds is 6. The maximum atomic E-state index is 15.4. The number of nitrogens with zero attached hydrogens (tertiary/aromatic N) is 2. The zero-order chi connectivity index (χ0) is 29.4. The monoisotopic (exact) mass is 595 g/mol. The lowest BCUT2D eigenvalue weighted by Crippen LogP contribution is -2.40. The van der Waals surface area contributed by atoms with Crippen LogP contribution in [0.5, 0.6) is 5.75 Å².